The van der Waals surface area contributed by atoms with Gasteiger partial charge in [-0.3, -0.25) is 0 Å². The Bertz CT molecular complexity index is 1220. The molecular formula is C21H18Cl2FN3O2S. The summed E-state index contributed by atoms with van der Waals surface area (Å²) in [6, 6.07) is 5.94. The van der Waals surface area contributed by atoms with E-state index in [1.165, 1.54) is 23.7 Å². The first-order chi connectivity index (χ1) is 14.4. The number of hydrogen-bond donors (Lipinski definition) is 0. The molecule has 5 nitrogen and oxygen atoms in total. The van der Waals surface area contributed by atoms with Gasteiger partial charge >= 0.3 is 0 Å². The van der Waals surface area contributed by atoms with E-state index in [9.17, 15) is 4.39 Å². The lowest BCUT2D eigenvalue weighted by Gasteiger charge is -2.15. The molecule has 0 aliphatic carbocycles. The van der Waals surface area contributed by atoms with Crippen LogP contribution in [0.1, 0.15) is 5.56 Å². The van der Waals surface area contributed by atoms with Gasteiger partial charge in [-0.05, 0) is 44.3 Å². The molecule has 0 saturated heterocycles. The highest BCUT2D eigenvalue weighted by atomic mass is 35.5. The summed E-state index contributed by atoms with van der Waals surface area (Å²) in [7, 11) is 3.96. The van der Waals surface area contributed by atoms with E-state index in [1.807, 2.05) is 38.1 Å². The Morgan fingerprint density at radius 1 is 1.17 bits per heavy atom. The van der Waals surface area contributed by atoms with Gasteiger partial charge in [0, 0.05) is 18.2 Å². The molecule has 0 fully saturated rings. The first kappa shape index (κ1) is 21.1. The number of thiophene rings is 1. The van der Waals surface area contributed by atoms with Crippen LogP contribution in [0.4, 0.5) is 4.39 Å². The van der Waals surface area contributed by atoms with Gasteiger partial charge in [0.25, 0.3) is 6.01 Å². The van der Waals surface area contributed by atoms with Gasteiger partial charge in [0.1, 0.15) is 34.4 Å². The van der Waals surface area contributed by atoms with Crippen molar-refractivity contribution in [3.05, 3.63) is 52.3 Å². The highest BCUT2D eigenvalue weighted by molar-refractivity contribution is 7.22. The van der Waals surface area contributed by atoms with Crippen LogP contribution >= 0.6 is 34.5 Å². The largest absolute Gasteiger partial charge is 0.491 e. The second-order valence-corrected chi connectivity index (χ2v) is 8.69. The van der Waals surface area contributed by atoms with Crippen LogP contribution in [0.15, 0.2) is 35.0 Å². The van der Waals surface area contributed by atoms with Crippen LogP contribution in [0.25, 0.3) is 32.0 Å². The number of likely N-dealkylation sites (N-methyl/N-ethyl adjacent to an activating group) is 1. The molecule has 0 spiro atoms. The normalized spacial score (nSPS) is 11.6. The van der Waals surface area contributed by atoms with Gasteiger partial charge in [0.05, 0.1) is 15.3 Å². The Kier molecular flexibility index (Phi) is 5.97. The molecule has 3 heterocycles. The third-order valence-electron chi connectivity index (χ3n) is 4.66. The number of ether oxygens (including phenoxy) is 1. The quantitative estimate of drug-likeness (QED) is 0.312. The van der Waals surface area contributed by atoms with Gasteiger partial charge < -0.3 is 14.1 Å². The van der Waals surface area contributed by atoms with E-state index in [2.05, 4.69) is 9.97 Å². The number of nitrogens with zero attached hydrogens (tertiary/aromatic N) is 3. The lowest BCUT2D eigenvalue weighted by molar-refractivity contribution is 0.261. The molecule has 4 rings (SSSR count). The van der Waals surface area contributed by atoms with E-state index in [4.69, 9.17) is 32.4 Å². The number of hydrogen-bond acceptors (Lipinski definition) is 6. The molecule has 0 aliphatic heterocycles. The average Bonchev–Trinajstić information content (AvgIpc) is 3.29. The highest BCUT2D eigenvalue weighted by Crippen LogP contribution is 2.48. The summed E-state index contributed by atoms with van der Waals surface area (Å²) in [5, 5.41) is 1.50. The molecule has 0 amide bonds. The first-order valence-corrected chi connectivity index (χ1v) is 10.7. The smallest absolute Gasteiger partial charge is 0.278 e. The van der Waals surface area contributed by atoms with Crippen molar-refractivity contribution in [3.8, 4) is 27.5 Å². The second-order valence-electron chi connectivity index (χ2n) is 6.96. The van der Waals surface area contributed by atoms with Crippen LogP contribution in [-0.2, 0) is 0 Å². The van der Waals surface area contributed by atoms with Gasteiger partial charge in [-0.2, -0.15) is 4.39 Å². The average molecular weight is 466 g/mol. The van der Waals surface area contributed by atoms with E-state index >= 15 is 0 Å². The summed E-state index contributed by atoms with van der Waals surface area (Å²) in [4.78, 5) is 11.9. The summed E-state index contributed by atoms with van der Waals surface area (Å²) in [6.45, 7) is 3.20. The maximum absolute atomic E-state index is 13.6. The molecule has 156 valence electrons. The fraction of sp³-hybridized carbons (Fsp3) is 0.238. The van der Waals surface area contributed by atoms with Crippen molar-refractivity contribution < 1.29 is 13.5 Å². The number of fused-ring (bicyclic) bond motifs is 1. The Balaban J connectivity index is 1.87. The molecule has 9 heteroatoms. The van der Waals surface area contributed by atoms with Crippen molar-refractivity contribution in [2.45, 2.75) is 6.92 Å². The zero-order valence-corrected chi connectivity index (χ0v) is 18.8. The summed E-state index contributed by atoms with van der Waals surface area (Å²) in [5.41, 5.74) is 2.40. The second kappa shape index (κ2) is 8.51. The van der Waals surface area contributed by atoms with Crippen molar-refractivity contribution in [2.75, 3.05) is 27.2 Å². The summed E-state index contributed by atoms with van der Waals surface area (Å²) in [5.74, 6) is 0.996. The zero-order chi connectivity index (χ0) is 21.4. The predicted molar refractivity (Wildman–Crippen MR) is 119 cm³/mol. The number of halogens is 3. The van der Waals surface area contributed by atoms with E-state index in [-0.39, 0.29) is 0 Å². The lowest BCUT2D eigenvalue weighted by Crippen LogP contribution is -2.19. The Labute approximate surface area is 187 Å². The van der Waals surface area contributed by atoms with Crippen LogP contribution in [0, 0.1) is 12.9 Å². The van der Waals surface area contributed by atoms with E-state index < -0.39 is 6.01 Å². The van der Waals surface area contributed by atoms with Gasteiger partial charge in [-0.1, -0.05) is 29.3 Å². The molecule has 0 unspecified atom stereocenters. The maximum Gasteiger partial charge on any atom is 0.278 e. The number of rotatable bonds is 6. The SMILES string of the molecule is Cc1c(-c2c(-c3ccc(F)o3)sc3ncnc(Cl)c23)ccc(OCCN(C)C)c1Cl. The third-order valence-corrected chi connectivity index (χ3v) is 6.52. The summed E-state index contributed by atoms with van der Waals surface area (Å²) < 4.78 is 24.7. The first-order valence-electron chi connectivity index (χ1n) is 9.12. The number of aromatic nitrogens is 2. The van der Waals surface area contributed by atoms with E-state index in [0.29, 0.717) is 43.4 Å². The molecule has 30 heavy (non-hydrogen) atoms. The van der Waals surface area contributed by atoms with Crippen LogP contribution in [0.3, 0.4) is 0 Å². The minimum Gasteiger partial charge on any atom is -0.491 e. The summed E-state index contributed by atoms with van der Waals surface area (Å²) >= 11 is 14.4. The van der Waals surface area contributed by atoms with Crippen LogP contribution < -0.4 is 4.74 Å². The van der Waals surface area contributed by atoms with Gasteiger partial charge in [0.2, 0.25) is 0 Å². The van der Waals surface area contributed by atoms with Crippen LogP contribution in [-0.4, -0.2) is 42.1 Å². The molecule has 0 bridgehead atoms. The third kappa shape index (κ3) is 3.90. The van der Waals surface area contributed by atoms with Gasteiger partial charge in [-0.15, -0.1) is 11.3 Å². The van der Waals surface area contributed by atoms with Crippen molar-refractivity contribution in [2.24, 2.45) is 0 Å². The minimum atomic E-state index is -0.662. The molecule has 3 aromatic heterocycles. The number of furan rings is 1. The van der Waals surface area contributed by atoms with Crippen LogP contribution in [0.5, 0.6) is 5.75 Å². The van der Waals surface area contributed by atoms with Crippen LogP contribution in [0.2, 0.25) is 10.2 Å². The lowest BCUT2D eigenvalue weighted by atomic mass is 9.97. The van der Waals surface area contributed by atoms with Gasteiger partial charge in [-0.25, -0.2) is 9.97 Å². The maximum atomic E-state index is 13.6. The molecule has 4 aromatic rings. The molecule has 1 aromatic carbocycles. The zero-order valence-electron chi connectivity index (χ0n) is 16.5. The fourth-order valence-electron chi connectivity index (χ4n) is 3.15. The van der Waals surface area contributed by atoms with Gasteiger partial charge in [0.15, 0.2) is 0 Å². The molecule has 0 N–H and O–H groups in total. The number of benzene rings is 1. The minimum absolute atomic E-state index is 0.311. The molecule has 0 atom stereocenters. The molecule has 0 aliphatic rings. The molecular weight excluding hydrogens is 448 g/mol. The standard InChI is InChI=1S/C21H18Cl2FN3O2S/c1-11-12(4-5-13(18(11)22)28-9-8-27(2)3)16-17-20(23)25-10-26-21(17)30-19(16)14-6-7-15(24)29-14/h4-7,10H,8-9H2,1-3H3. The highest BCUT2D eigenvalue weighted by Gasteiger charge is 2.24. The molecule has 0 radical (unpaired) electrons. The van der Waals surface area contributed by atoms with Crippen molar-refractivity contribution in [1.82, 2.24) is 14.9 Å². The summed E-state index contributed by atoms with van der Waals surface area (Å²) in [6.07, 6.45) is 1.40. The van der Waals surface area contributed by atoms with Crippen molar-refractivity contribution in [3.63, 3.8) is 0 Å². The topological polar surface area (TPSA) is 51.4 Å². The van der Waals surface area contributed by atoms with Crippen molar-refractivity contribution >= 4 is 44.8 Å². The van der Waals surface area contributed by atoms with Crippen molar-refractivity contribution in [1.29, 1.82) is 0 Å². The van der Waals surface area contributed by atoms with E-state index in [1.54, 1.807) is 6.07 Å². The fourth-order valence-corrected chi connectivity index (χ4v) is 4.77. The monoisotopic (exact) mass is 465 g/mol. The Morgan fingerprint density at radius 3 is 2.67 bits per heavy atom. The Morgan fingerprint density at radius 2 is 1.97 bits per heavy atom. The van der Waals surface area contributed by atoms with E-state index in [0.717, 1.165) is 23.2 Å². The predicted octanol–water partition coefficient (Wildman–Crippen LogP) is 6.31. The molecule has 0 saturated carbocycles. The Hall–Kier alpha value is -2.19.